The highest BCUT2D eigenvalue weighted by molar-refractivity contribution is 14.0. The van der Waals surface area contributed by atoms with Gasteiger partial charge in [-0.25, -0.2) is 9.37 Å². The summed E-state index contributed by atoms with van der Waals surface area (Å²) in [6.07, 6.45) is 6.50. The van der Waals surface area contributed by atoms with E-state index in [2.05, 4.69) is 20.6 Å². The van der Waals surface area contributed by atoms with Crippen molar-refractivity contribution in [3.63, 3.8) is 0 Å². The van der Waals surface area contributed by atoms with Crippen molar-refractivity contribution in [1.82, 2.24) is 15.6 Å². The van der Waals surface area contributed by atoms with Gasteiger partial charge >= 0.3 is 0 Å². The lowest BCUT2D eigenvalue weighted by Gasteiger charge is -2.19. The number of hydrogen-bond donors (Lipinski definition) is 2. The fraction of sp³-hybridized carbons (Fsp3) is 0.455. The predicted molar refractivity (Wildman–Crippen MR) is 123 cm³/mol. The van der Waals surface area contributed by atoms with Crippen molar-refractivity contribution in [2.75, 3.05) is 20.2 Å². The highest BCUT2D eigenvalue weighted by Gasteiger charge is 2.44. The third kappa shape index (κ3) is 6.04. The Morgan fingerprint density at radius 3 is 2.69 bits per heavy atom. The summed E-state index contributed by atoms with van der Waals surface area (Å²) in [5.41, 5.74) is 2.14. The van der Waals surface area contributed by atoms with E-state index in [9.17, 15) is 4.39 Å². The summed E-state index contributed by atoms with van der Waals surface area (Å²) >= 11 is 0. The lowest BCUT2D eigenvalue weighted by Crippen LogP contribution is -2.40. The van der Waals surface area contributed by atoms with Crippen LogP contribution < -0.4 is 15.4 Å². The third-order valence-corrected chi connectivity index (χ3v) is 5.53. The van der Waals surface area contributed by atoms with Gasteiger partial charge in [0.2, 0.25) is 5.88 Å². The zero-order valence-electron chi connectivity index (χ0n) is 16.7. The smallest absolute Gasteiger partial charge is 0.213 e. The Balaban J connectivity index is 0.00000240. The molecule has 4 rings (SSSR count). The number of rotatable bonds is 8. The molecule has 0 saturated heterocycles. The average Bonchev–Trinajstić information content (AvgIpc) is 3.63. The minimum absolute atomic E-state index is 0. The lowest BCUT2D eigenvalue weighted by atomic mass is 9.96. The summed E-state index contributed by atoms with van der Waals surface area (Å²) in [5.74, 6) is 1.96. The Kier molecular flexibility index (Phi) is 7.32. The van der Waals surface area contributed by atoms with Gasteiger partial charge in [0, 0.05) is 37.8 Å². The average molecular weight is 510 g/mol. The molecular weight excluding hydrogens is 482 g/mol. The molecule has 2 aliphatic carbocycles. The van der Waals surface area contributed by atoms with Crippen LogP contribution in [-0.4, -0.2) is 31.1 Å². The SMILES string of the molecule is CN=C(NCc1ccc(OCC2CC2)nc1)NCC1(c2cccc(F)c2)CC1.I. The van der Waals surface area contributed by atoms with E-state index < -0.39 is 0 Å². The van der Waals surface area contributed by atoms with Crippen molar-refractivity contribution >= 4 is 29.9 Å². The van der Waals surface area contributed by atoms with Crippen molar-refractivity contribution in [3.8, 4) is 5.88 Å². The number of guanidine groups is 1. The van der Waals surface area contributed by atoms with Crippen LogP contribution in [-0.2, 0) is 12.0 Å². The number of aliphatic imine (C=N–C) groups is 1. The van der Waals surface area contributed by atoms with E-state index in [0.717, 1.165) is 49.0 Å². The fourth-order valence-corrected chi connectivity index (χ4v) is 3.28. The number of halogens is 2. The Morgan fingerprint density at radius 1 is 1.24 bits per heavy atom. The number of ether oxygens (including phenoxy) is 1. The molecule has 0 spiro atoms. The Hall–Kier alpha value is -1.90. The van der Waals surface area contributed by atoms with Crippen molar-refractivity contribution in [3.05, 3.63) is 59.5 Å². The van der Waals surface area contributed by atoms with Crippen LogP contribution in [0.4, 0.5) is 4.39 Å². The zero-order chi connectivity index (χ0) is 19.4. The predicted octanol–water partition coefficient (Wildman–Crippen LogP) is 4.02. The molecule has 29 heavy (non-hydrogen) atoms. The molecule has 0 unspecified atom stereocenters. The van der Waals surface area contributed by atoms with Gasteiger partial charge < -0.3 is 15.4 Å². The minimum atomic E-state index is -0.177. The summed E-state index contributed by atoms with van der Waals surface area (Å²) in [6, 6.07) is 10.9. The van der Waals surface area contributed by atoms with E-state index in [1.165, 1.54) is 18.9 Å². The van der Waals surface area contributed by atoms with Crippen LogP contribution in [0.3, 0.4) is 0 Å². The van der Waals surface area contributed by atoms with Crippen LogP contribution in [0.25, 0.3) is 0 Å². The molecule has 1 aromatic carbocycles. The maximum Gasteiger partial charge on any atom is 0.213 e. The summed E-state index contributed by atoms with van der Waals surface area (Å²) in [7, 11) is 1.75. The second-order valence-electron chi connectivity index (χ2n) is 7.83. The summed E-state index contributed by atoms with van der Waals surface area (Å²) < 4.78 is 19.2. The van der Waals surface area contributed by atoms with Crippen LogP contribution in [0.2, 0.25) is 0 Å². The molecule has 0 radical (unpaired) electrons. The van der Waals surface area contributed by atoms with E-state index in [0.29, 0.717) is 12.4 Å². The maximum absolute atomic E-state index is 13.5. The van der Waals surface area contributed by atoms with Crippen molar-refractivity contribution in [2.24, 2.45) is 10.9 Å². The number of nitrogens with one attached hydrogen (secondary N) is 2. The summed E-state index contributed by atoms with van der Waals surface area (Å²) in [4.78, 5) is 8.66. The van der Waals surface area contributed by atoms with Crippen LogP contribution in [0.15, 0.2) is 47.6 Å². The van der Waals surface area contributed by atoms with Gasteiger partial charge in [-0.1, -0.05) is 18.2 Å². The standard InChI is InChI=1S/C22H27FN4O.HI/c1-24-21(27-15-22(9-10-22)18-3-2-4-19(23)11-18)26-13-17-7-8-20(25-12-17)28-14-16-5-6-16;/h2-4,7-8,11-12,16H,5-6,9-10,13-15H2,1H3,(H2,24,26,27);1H. The van der Waals surface area contributed by atoms with Crippen LogP contribution >= 0.6 is 24.0 Å². The highest BCUT2D eigenvalue weighted by atomic mass is 127. The van der Waals surface area contributed by atoms with Gasteiger partial charge in [0.1, 0.15) is 5.82 Å². The van der Waals surface area contributed by atoms with E-state index in [-0.39, 0.29) is 35.2 Å². The highest BCUT2D eigenvalue weighted by Crippen LogP contribution is 2.47. The second-order valence-corrected chi connectivity index (χ2v) is 7.83. The number of benzene rings is 1. The molecule has 7 heteroatoms. The molecule has 2 aliphatic rings. The maximum atomic E-state index is 13.5. The first-order valence-electron chi connectivity index (χ1n) is 9.95. The Morgan fingerprint density at radius 2 is 2.07 bits per heavy atom. The molecule has 156 valence electrons. The normalized spacial score (nSPS) is 17.2. The lowest BCUT2D eigenvalue weighted by molar-refractivity contribution is 0.288. The first-order chi connectivity index (χ1) is 13.7. The second kappa shape index (κ2) is 9.73. The van der Waals surface area contributed by atoms with Gasteiger partial charge in [0.25, 0.3) is 0 Å². The third-order valence-electron chi connectivity index (χ3n) is 5.53. The molecule has 2 aromatic rings. The van der Waals surface area contributed by atoms with E-state index in [1.807, 2.05) is 24.4 Å². The van der Waals surface area contributed by atoms with Crippen molar-refractivity contribution < 1.29 is 9.13 Å². The number of aromatic nitrogens is 1. The molecule has 5 nitrogen and oxygen atoms in total. The van der Waals surface area contributed by atoms with Gasteiger partial charge in [-0.2, -0.15) is 0 Å². The molecule has 2 fully saturated rings. The quantitative estimate of drug-likeness (QED) is 0.320. The van der Waals surface area contributed by atoms with Crippen LogP contribution in [0, 0.1) is 11.7 Å². The molecule has 2 saturated carbocycles. The molecule has 1 aromatic heterocycles. The molecular formula is C22H28FIN4O. The molecule has 0 amide bonds. The Labute approximate surface area is 188 Å². The van der Waals surface area contributed by atoms with Gasteiger partial charge in [0.15, 0.2) is 5.96 Å². The zero-order valence-corrected chi connectivity index (χ0v) is 19.0. The first kappa shape index (κ1) is 21.8. The summed E-state index contributed by atoms with van der Waals surface area (Å²) in [5, 5.41) is 6.70. The van der Waals surface area contributed by atoms with Gasteiger partial charge in [-0.3, -0.25) is 4.99 Å². The van der Waals surface area contributed by atoms with Crippen molar-refractivity contribution in [2.45, 2.75) is 37.6 Å². The van der Waals surface area contributed by atoms with Crippen molar-refractivity contribution in [1.29, 1.82) is 0 Å². The number of hydrogen-bond acceptors (Lipinski definition) is 3. The van der Waals surface area contributed by atoms with Crippen LogP contribution in [0.5, 0.6) is 5.88 Å². The van der Waals surface area contributed by atoms with Crippen LogP contribution in [0.1, 0.15) is 36.8 Å². The van der Waals surface area contributed by atoms with E-state index in [1.54, 1.807) is 19.2 Å². The van der Waals surface area contributed by atoms with Gasteiger partial charge in [0.05, 0.1) is 6.61 Å². The molecule has 0 atom stereocenters. The molecule has 1 heterocycles. The first-order valence-corrected chi connectivity index (χ1v) is 9.95. The number of pyridine rings is 1. The summed E-state index contributed by atoms with van der Waals surface area (Å²) in [6.45, 7) is 2.14. The fourth-order valence-electron chi connectivity index (χ4n) is 3.28. The Bertz CT molecular complexity index is 835. The van der Waals surface area contributed by atoms with E-state index >= 15 is 0 Å². The van der Waals surface area contributed by atoms with Gasteiger partial charge in [-0.05, 0) is 54.9 Å². The van der Waals surface area contributed by atoms with Gasteiger partial charge in [-0.15, -0.1) is 24.0 Å². The number of nitrogens with zero attached hydrogens (tertiary/aromatic N) is 2. The van der Waals surface area contributed by atoms with E-state index in [4.69, 9.17) is 4.74 Å². The molecule has 2 N–H and O–H groups in total. The monoisotopic (exact) mass is 510 g/mol. The largest absolute Gasteiger partial charge is 0.477 e. The molecule has 0 bridgehead atoms. The molecule has 0 aliphatic heterocycles. The minimum Gasteiger partial charge on any atom is -0.477 e. The topological polar surface area (TPSA) is 58.5 Å².